The van der Waals surface area contributed by atoms with Gasteiger partial charge in [-0.05, 0) is 105 Å². The van der Waals surface area contributed by atoms with Crippen LogP contribution in [0, 0.1) is 17.3 Å². The second-order valence-corrected chi connectivity index (χ2v) is 13.7. The highest BCUT2D eigenvalue weighted by Crippen LogP contribution is 2.58. The van der Waals surface area contributed by atoms with Crippen LogP contribution in [0.5, 0.6) is 5.75 Å². The fourth-order valence-electron chi connectivity index (χ4n) is 7.05. The van der Waals surface area contributed by atoms with Gasteiger partial charge in [-0.1, -0.05) is 31.2 Å². The van der Waals surface area contributed by atoms with Crippen molar-refractivity contribution < 1.29 is 28.1 Å². The van der Waals surface area contributed by atoms with E-state index in [1.807, 2.05) is 0 Å². The van der Waals surface area contributed by atoms with Crippen molar-refractivity contribution >= 4 is 9.84 Å². The molecule has 0 aromatic heterocycles. The summed E-state index contributed by atoms with van der Waals surface area (Å²) in [5, 5.41) is 20.3. The Kier molecular flexibility index (Phi) is 9.23. The third kappa shape index (κ3) is 6.27. The van der Waals surface area contributed by atoms with E-state index < -0.39 is 22.0 Å². The zero-order valence-corrected chi connectivity index (χ0v) is 23.9. The van der Waals surface area contributed by atoms with Gasteiger partial charge >= 0.3 is 0 Å². The average Bonchev–Trinajstić information content (AvgIpc) is 3.25. The lowest BCUT2D eigenvalue weighted by molar-refractivity contribution is -0.0244. The molecule has 0 bridgehead atoms. The zero-order valence-electron chi connectivity index (χ0n) is 23.1. The van der Waals surface area contributed by atoms with Crippen LogP contribution in [-0.4, -0.2) is 56.4 Å². The van der Waals surface area contributed by atoms with Crippen LogP contribution in [0.4, 0.5) is 0 Å². The molecule has 2 N–H and O–H groups in total. The molecule has 0 heterocycles. The predicted molar refractivity (Wildman–Crippen MR) is 150 cm³/mol. The van der Waals surface area contributed by atoms with Gasteiger partial charge in [0.1, 0.15) is 5.75 Å². The standard InChI is InChI=1S/C31H44O6S/c1-21-24(19-25(32)20-30(21)33)9-8-23-7-5-16-31(3)28(14-15-29(23)31)22(2)37-17-6-18-38(34,35)27-12-10-26(36-4)11-13-27/h8-13,22,25,28-30,32-33H,1,5-7,14-20H2,2-4H3/b23-8+,24-9-/t22-,25+,28-,29+,30-,31-/m1/s1. The van der Waals surface area contributed by atoms with E-state index in [1.165, 1.54) is 12.0 Å². The van der Waals surface area contributed by atoms with Crippen molar-refractivity contribution in [1.82, 2.24) is 0 Å². The number of ether oxygens (including phenoxy) is 2. The van der Waals surface area contributed by atoms with E-state index in [1.54, 1.807) is 31.4 Å². The molecule has 0 unspecified atom stereocenters. The summed E-state index contributed by atoms with van der Waals surface area (Å²) in [6.07, 6.45) is 10.2. The Labute approximate surface area is 228 Å². The maximum absolute atomic E-state index is 12.7. The normalized spacial score (nSPS) is 32.9. The zero-order chi connectivity index (χ0) is 27.5. The molecule has 0 spiro atoms. The molecule has 7 heteroatoms. The van der Waals surface area contributed by atoms with Gasteiger partial charge in [0.2, 0.25) is 0 Å². The molecule has 38 heavy (non-hydrogen) atoms. The predicted octanol–water partition coefficient (Wildman–Crippen LogP) is 5.41. The van der Waals surface area contributed by atoms with Crippen molar-refractivity contribution in [2.24, 2.45) is 17.3 Å². The highest BCUT2D eigenvalue weighted by molar-refractivity contribution is 7.91. The minimum Gasteiger partial charge on any atom is -0.497 e. The van der Waals surface area contributed by atoms with Gasteiger partial charge in [0.05, 0.1) is 36.1 Å². The van der Waals surface area contributed by atoms with E-state index in [2.05, 4.69) is 32.6 Å². The lowest BCUT2D eigenvalue weighted by atomic mass is 9.62. The summed E-state index contributed by atoms with van der Waals surface area (Å²) >= 11 is 0. The molecule has 6 atom stereocenters. The van der Waals surface area contributed by atoms with Crippen molar-refractivity contribution in [2.75, 3.05) is 19.5 Å². The Morgan fingerprint density at radius 1 is 1.18 bits per heavy atom. The van der Waals surface area contributed by atoms with E-state index in [0.717, 1.165) is 36.8 Å². The van der Waals surface area contributed by atoms with E-state index >= 15 is 0 Å². The second kappa shape index (κ2) is 12.1. The molecule has 3 aliphatic carbocycles. The van der Waals surface area contributed by atoms with Gasteiger partial charge in [0.15, 0.2) is 9.84 Å². The van der Waals surface area contributed by atoms with Gasteiger partial charge in [-0.25, -0.2) is 8.42 Å². The number of hydrogen-bond donors (Lipinski definition) is 2. The molecule has 0 amide bonds. The maximum atomic E-state index is 12.7. The Balaban J connectivity index is 1.34. The molecule has 0 saturated heterocycles. The van der Waals surface area contributed by atoms with Gasteiger partial charge < -0.3 is 19.7 Å². The molecular formula is C31H44O6S. The highest BCUT2D eigenvalue weighted by Gasteiger charge is 2.51. The Hall–Kier alpha value is -1.93. The summed E-state index contributed by atoms with van der Waals surface area (Å²) in [5.41, 5.74) is 3.28. The SMILES string of the molecule is C=C1/C(=C\C=C2/CCC[C@]3(C)[C@@H]([C@@H](C)OCCCS(=O)(=O)c4ccc(OC)cc4)CC[C@@H]23)C[C@H](O)C[C@H]1O. The molecule has 3 saturated carbocycles. The molecular weight excluding hydrogens is 500 g/mol. The van der Waals surface area contributed by atoms with Crippen LogP contribution in [0.1, 0.15) is 65.2 Å². The molecule has 0 aliphatic heterocycles. The van der Waals surface area contributed by atoms with Crippen molar-refractivity contribution in [3.63, 3.8) is 0 Å². The van der Waals surface area contributed by atoms with Gasteiger partial charge in [0, 0.05) is 13.0 Å². The molecule has 210 valence electrons. The largest absolute Gasteiger partial charge is 0.497 e. The summed E-state index contributed by atoms with van der Waals surface area (Å²) in [6, 6.07) is 6.53. The first-order chi connectivity index (χ1) is 18.0. The van der Waals surface area contributed by atoms with Crippen molar-refractivity contribution in [1.29, 1.82) is 0 Å². The van der Waals surface area contributed by atoms with Crippen molar-refractivity contribution in [3.05, 3.63) is 59.7 Å². The molecule has 0 radical (unpaired) electrons. The van der Waals surface area contributed by atoms with E-state index in [4.69, 9.17) is 9.47 Å². The van der Waals surface area contributed by atoms with Crippen LogP contribution in [0.15, 0.2) is 64.6 Å². The number of hydrogen-bond acceptors (Lipinski definition) is 6. The van der Waals surface area contributed by atoms with Crippen LogP contribution in [-0.2, 0) is 14.6 Å². The molecule has 3 aliphatic rings. The Bertz CT molecular complexity index is 1150. The van der Waals surface area contributed by atoms with E-state index in [0.29, 0.717) is 48.4 Å². The molecule has 6 nitrogen and oxygen atoms in total. The first-order valence-corrected chi connectivity index (χ1v) is 15.6. The summed E-state index contributed by atoms with van der Waals surface area (Å²) in [7, 11) is -1.79. The van der Waals surface area contributed by atoms with E-state index in [9.17, 15) is 18.6 Å². The fraction of sp³-hybridized carbons (Fsp3) is 0.613. The Morgan fingerprint density at radius 3 is 2.63 bits per heavy atom. The van der Waals surface area contributed by atoms with Gasteiger partial charge in [-0.2, -0.15) is 0 Å². The first kappa shape index (κ1) is 29.1. The smallest absolute Gasteiger partial charge is 0.178 e. The van der Waals surface area contributed by atoms with Gasteiger partial charge in [-0.3, -0.25) is 0 Å². The van der Waals surface area contributed by atoms with Gasteiger partial charge in [0.25, 0.3) is 0 Å². The summed E-state index contributed by atoms with van der Waals surface area (Å²) in [6.45, 7) is 9.02. The van der Waals surface area contributed by atoms with Crippen LogP contribution in [0.3, 0.4) is 0 Å². The molecule has 3 fully saturated rings. The third-order valence-corrected chi connectivity index (χ3v) is 11.0. The third-order valence-electron chi connectivity index (χ3n) is 9.23. The number of fused-ring (bicyclic) bond motifs is 1. The van der Waals surface area contributed by atoms with E-state index in [-0.39, 0.29) is 17.3 Å². The topological polar surface area (TPSA) is 93.1 Å². The number of aliphatic hydroxyl groups excluding tert-OH is 2. The molecule has 1 aromatic rings. The second-order valence-electron chi connectivity index (χ2n) is 11.6. The molecule has 1 aromatic carbocycles. The summed E-state index contributed by atoms with van der Waals surface area (Å²) in [4.78, 5) is 0.315. The number of aliphatic hydroxyl groups is 2. The minimum absolute atomic E-state index is 0.0623. The number of allylic oxidation sites excluding steroid dienone is 3. The monoisotopic (exact) mass is 544 g/mol. The first-order valence-electron chi connectivity index (χ1n) is 14.0. The number of rotatable bonds is 9. The van der Waals surface area contributed by atoms with Crippen molar-refractivity contribution in [3.8, 4) is 5.75 Å². The maximum Gasteiger partial charge on any atom is 0.178 e. The quantitative estimate of drug-likeness (QED) is 0.404. The van der Waals surface area contributed by atoms with Crippen LogP contribution in [0.25, 0.3) is 0 Å². The van der Waals surface area contributed by atoms with Crippen LogP contribution >= 0.6 is 0 Å². The van der Waals surface area contributed by atoms with Crippen LogP contribution in [0.2, 0.25) is 0 Å². The highest BCUT2D eigenvalue weighted by atomic mass is 32.2. The molecule has 4 rings (SSSR count). The number of sulfone groups is 1. The minimum atomic E-state index is -3.35. The van der Waals surface area contributed by atoms with Crippen molar-refractivity contribution in [2.45, 2.75) is 88.4 Å². The lowest BCUT2D eigenvalue weighted by Crippen LogP contribution is -2.38. The lowest BCUT2D eigenvalue weighted by Gasteiger charge is -2.44. The average molecular weight is 545 g/mol. The Morgan fingerprint density at radius 2 is 1.92 bits per heavy atom. The fourth-order valence-corrected chi connectivity index (χ4v) is 8.34. The van der Waals surface area contributed by atoms with Gasteiger partial charge in [-0.15, -0.1) is 0 Å². The number of benzene rings is 1. The summed E-state index contributed by atoms with van der Waals surface area (Å²) in [5.74, 6) is 1.62. The number of methoxy groups -OCH3 is 1. The van der Waals surface area contributed by atoms with Crippen LogP contribution < -0.4 is 4.74 Å². The summed E-state index contributed by atoms with van der Waals surface area (Å²) < 4.78 is 36.8.